The van der Waals surface area contributed by atoms with Crippen LogP contribution in [0.25, 0.3) is 11.2 Å². The van der Waals surface area contributed by atoms with Crippen LogP contribution in [0.2, 0.25) is 0 Å². The van der Waals surface area contributed by atoms with Gasteiger partial charge in [0.1, 0.15) is 0 Å². The minimum absolute atomic E-state index is 0.480. The Morgan fingerprint density at radius 1 is 1.20 bits per heavy atom. The van der Waals surface area contributed by atoms with Crippen LogP contribution in [-0.4, -0.2) is 40.3 Å². The predicted octanol–water partition coefficient (Wildman–Crippen LogP) is 4.27. The first kappa shape index (κ1) is 19.3. The SMILES string of the molecule is CNc1ccc2c(c1)[C@@H](C)CCN2c1n[nH]c2nc(C3CCC(CN)CC3)cnc12. The number of hydrogen-bond donors (Lipinski definition) is 3. The highest BCUT2D eigenvalue weighted by Gasteiger charge is 2.28. The molecule has 158 valence electrons. The molecule has 1 aromatic carbocycles. The molecule has 1 aliphatic carbocycles. The molecule has 7 heteroatoms. The van der Waals surface area contributed by atoms with E-state index >= 15 is 0 Å². The van der Waals surface area contributed by atoms with Gasteiger partial charge in [0.15, 0.2) is 17.0 Å². The molecule has 5 rings (SSSR count). The molecule has 2 aliphatic rings. The number of fused-ring (bicyclic) bond motifs is 2. The van der Waals surface area contributed by atoms with Crippen LogP contribution in [0.1, 0.15) is 62.1 Å². The summed E-state index contributed by atoms with van der Waals surface area (Å²) < 4.78 is 0. The normalized spacial score (nSPS) is 24.1. The third-order valence-corrected chi connectivity index (χ3v) is 7.05. The molecule has 3 aromatic rings. The van der Waals surface area contributed by atoms with Gasteiger partial charge in [-0.25, -0.2) is 9.97 Å². The van der Waals surface area contributed by atoms with E-state index in [0.29, 0.717) is 17.8 Å². The van der Waals surface area contributed by atoms with Gasteiger partial charge in [0, 0.05) is 37.1 Å². The second-order valence-corrected chi connectivity index (χ2v) is 8.86. The van der Waals surface area contributed by atoms with E-state index in [4.69, 9.17) is 15.7 Å². The monoisotopic (exact) mass is 405 g/mol. The van der Waals surface area contributed by atoms with Gasteiger partial charge in [-0.15, -0.1) is 0 Å². The zero-order valence-corrected chi connectivity index (χ0v) is 17.9. The maximum Gasteiger partial charge on any atom is 0.183 e. The van der Waals surface area contributed by atoms with Crippen molar-refractivity contribution in [3.05, 3.63) is 35.7 Å². The van der Waals surface area contributed by atoms with Gasteiger partial charge in [0.05, 0.1) is 5.69 Å². The van der Waals surface area contributed by atoms with Gasteiger partial charge >= 0.3 is 0 Å². The highest BCUT2D eigenvalue weighted by Crippen LogP contribution is 2.41. The van der Waals surface area contributed by atoms with Crippen molar-refractivity contribution in [1.29, 1.82) is 0 Å². The lowest BCUT2D eigenvalue weighted by atomic mass is 9.81. The van der Waals surface area contributed by atoms with Crippen molar-refractivity contribution in [3.8, 4) is 0 Å². The molecule has 1 aliphatic heterocycles. The number of rotatable bonds is 4. The largest absolute Gasteiger partial charge is 0.388 e. The van der Waals surface area contributed by atoms with Crippen molar-refractivity contribution in [3.63, 3.8) is 0 Å². The molecule has 2 aromatic heterocycles. The summed E-state index contributed by atoms with van der Waals surface area (Å²) in [5, 5.41) is 11.0. The Balaban J connectivity index is 1.46. The first-order chi connectivity index (χ1) is 14.7. The average Bonchev–Trinajstić information content (AvgIpc) is 3.22. The van der Waals surface area contributed by atoms with Crippen LogP contribution in [-0.2, 0) is 0 Å². The molecule has 30 heavy (non-hydrogen) atoms. The van der Waals surface area contributed by atoms with E-state index in [1.165, 1.54) is 24.1 Å². The lowest BCUT2D eigenvalue weighted by Gasteiger charge is -2.33. The van der Waals surface area contributed by atoms with Gasteiger partial charge in [-0.3, -0.25) is 5.10 Å². The highest BCUT2D eigenvalue weighted by molar-refractivity contribution is 5.87. The summed E-state index contributed by atoms with van der Waals surface area (Å²) >= 11 is 0. The quantitative estimate of drug-likeness (QED) is 0.600. The zero-order valence-electron chi connectivity index (χ0n) is 17.9. The molecule has 0 amide bonds. The molecule has 1 fully saturated rings. The summed E-state index contributed by atoms with van der Waals surface area (Å²) in [6.07, 6.45) is 7.72. The van der Waals surface area contributed by atoms with Crippen LogP contribution in [0.15, 0.2) is 24.4 Å². The molecule has 0 saturated heterocycles. The van der Waals surface area contributed by atoms with Crippen molar-refractivity contribution >= 4 is 28.4 Å². The number of anilines is 3. The number of H-pyrrole nitrogens is 1. The number of nitrogens with two attached hydrogens (primary N) is 1. The highest BCUT2D eigenvalue weighted by atomic mass is 15.3. The average molecular weight is 406 g/mol. The van der Waals surface area contributed by atoms with E-state index in [0.717, 1.165) is 60.7 Å². The molecule has 0 spiro atoms. The van der Waals surface area contributed by atoms with Crippen LogP contribution < -0.4 is 16.0 Å². The van der Waals surface area contributed by atoms with Crippen LogP contribution in [0.3, 0.4) is 0 Å². The summed E-state index contributed by atoms with van der Waals surface area (Å²) in [6.45, 7) is 4.02. The Bertz CT molecular complexity index is 1040. The zero-order chi connectivity index (χ0) is 20.7. The molecular weight excluding hydrogens is 374 g/mol. The van der Waals surface area contributed by atoms with E-state index in [1.54, 1.807) is 0 Å². The number of nitrogens with one attached hydrogen (secondary N) is 2. The van der Waals surface area contributed by atoms with Crippen LogP contribution in [0.5, 0.6) is 0 Å². The first-order valence-electron chi connectivity index (χ1n) is 11.2. The molecule has 1 atom stereocenters. The number of nitrogens with zero attached hydrogens (tertiary/aromatic N) is 4. The Morgan fingerprint density at radius 3 is 2.80 bits per heavy atom. The fourth-order valence-corrected chi connectivity index (χ4v) is 5.05. The van der Waals surface area contributed by atoms with E-state index in [1.807, 2.05) is 13.2 Å². The smallest absolute Gasteiger partial charge is 0.183 e. The van der Waals surface area contributed by atoms with Crippen molar-refractivity contribution < 1.29 is 0 Å². The lowest BCUT2D eigenvalue weighted by molar-refractivity contribution is 0.329. The third kappa shape index (κ3) is 3.31. The summed E-state index contributed by atoms with van der Waals surface area (Å²) in [6, 6.07) is 6.57. The van der Waals surface area contributed by atoms with E-state index in [2.05, 4.69) is 45.5 Å². The summed E-state index contributed by atoms with van der Waals surface area (Å²) in [4.78, 5) is 12.0. The number of aromatic nitrogens is 4. The summed E-state index contributed by atoms with van der Waals surface area (Å²) in [5.74, 6) is 2.55. The third-order valence-electron chi connectivity index (χ3n) is 7.05. The van der Waals surface area contributed by atoms with E-state index in [-0.39, 0.29) is 0 Å². The molecule has 7 nitrogen and oxygen atoms in total. The minimum atomic E-state index is 0.480. The topological polar surface area (TPSA) is 95.8 Å². The molecular formula is C23H31N7. The van der Waals surface area contributed by atoms with Crippen LogP contribution in [0.4, 0.5) is 17.2 Å². The van der Waals surface area contributed by atoms with Gasteiger partial charge in [-0.2, -0.15) is 5.10 Å². The lowest BCUT2D eigenvalue weighted by Crippen LogP contribution is -2.26. The predicted molar refractivity (Wildman–Crippen MR) is 121 cm³/mol. The van der Waals surface area contributed by atoms with Crippen LogP contribution in [0, 0.1) is 5.92 Å². The van der Waals surface area contributed by atoms with Gasteiger partial charge in [-0.1, -0.05) is 6.92 Å². The fourth-order valence-electron chi connectivity index (χ4n) is 5.05. The maximum atomic E-state index is 5.84. The number of benzene rings is 1. The van der Waals surface area contributed by atoms with Gasteiger partial charge < -0.3 is 16.0 Å². The molecule has 1 saturated carbocycles. The van der Waals surface area contributed by atoms with Crippen molar-refractivity contribution in [2.75, 3.05) is 30.4 Å². The Labute approximate surface area is 177 Å². The molecule has 3 heterocycles. The van der Waals surface area contributed by atoms with E-state index in [9.17, 15) is 0 Å². The first-order valence-corrected chi connectivity index (χ1v) is 11.2. The maximum absolute atomic E-state index is 5.84. The second kappa shape index (κ2) is 7.87. The minimum Gasteiger partial charge on any atom is -0.388 e. The molecule has 0 radical (unpaired) electrons. The van der Waals surface area contributed by atoms with Gasteiger partial charge in [-0.05, 0) is 74.2 Å². The molecule has 0 unspecified atom stereocenters. The Morgan fingerprint density at radius 2 is 2.03 bits per heavy atom. The molecule has 4 N–H and O–H groups in total. The van der Waals surface area contributed by atoms with Crippen LogP contribution >= 0.6 is 0 Å². The van der Waals surface area contributed by atoms with Crippen molar-refractivity contribution in [2.45, 2.75) is 50.9 Å². The standard InChI is InChI=1S/C23H31N7/c1-14-9-10-30(20-8-7-17(25-2)11-18(14)20)23-21-22(28-29-23)27-19(13-26-21)16-5-3-15(12-24)4-6-16/h7-8,11,13-16,25H,3-6,9-10,12,24H2,1-2H3,(H,27,28,29)/t14-,15?,16?/m0/s1. The summed E-state index contributed by atoms with van der Waals surface area (Å²) in [7, 11) is 1.96. The Kier molecular flexibility index (Phi) is 5.06. The van der Waals surface area contributed by atoms with Gasteiger partial charge in [0.2, 0.25) is 0 Å². The fraction of sp³-hybridized carbons (Fsp3) is 0.522. The summed E-state index contributed by atoms with van der Waals surface area (Å²) in [5.41, 5.74) is 12.3. The number of hydrogen-bond acceptors (Lipinski definition) is 6. The second-order valence-electron chi connectivity index (χ2n) is 8.86. The van der Waals surface area contributed by atoms with Crippen molar-refractivity contribution in [1.82, 2.24) is 20.2 Å². The Hall–Kier alpha value is -2.67. The van der Waals surface area contributed by atoms with Gasteiger partial charge in [0.25, 0.3) is 0 Å². The number of aromatic amines is 1. The van der Waals surface area contributed by atoms with Crippen molar-refractivity contribution in [2.24, 2.45) is 11.7 Å². The van der Waals surface area contributed by atoms with E-state index < -0.39 is 0 Å². The molecule has 0 bridgehead atoms.